The van der Waals surface area contributed by atoms with Crippen molar-refractivity contribution in [3.8, 4) is 11.5 Å². The first kappa shape index (κ1) is 17.5. The number of benzene rings is 1. The standard InChI is InChI=1S/C13H20N2O3.ClH/c1-14-8-5-9-15-13(16)10-6-4-7-11(17-2)12(10)18-3;/h4,6-7,14H,5,8-9H2,1-3H3,(H,15,16);1H. The minimum atomic E-state index is -0.151. The zero-order valence-corrected chi connectivity index (χ0v) is 12.3. The molecule has 108 valence electrons. The Morgan fingerprint density at radius 2 is 1.95 bits per heavy atom. The number of nitrogens with one attached hydrogen (secondary N) is 2. The summed E-state index contributed by atoms with van der Waals surface area (Å²) < 4.78 is 10.4. The van der Waals surface area contributed by atoms with Crippen molar-refractivity contribution < 1.29 is 14.3 Å². The Labute approximate surface area is 120 Å². The third-order valence-corrected chi connectivity index (χ3v) is 2.54. The van der Waals surface area contributed by atoms with Crippen LogP contribution in [0.3, 0.4) is 0 Å². The van der Waals surface area contributed by atoms with Crippen molar-refractivity contribution in [2.24, 2.45) is 0 Å². The molecule has 2 N–H and O–H groups in total. The van der Waals surface area contributed by atoms with Crippen molar-refractivity contribution in [3.63, 3.8) is 0 Å². The SMILES string of the molecule is CNCCCNC(=O)c1cccc(OC)c1OC.Cl. The Balaban J connectivity index is 0.00000324. The normalized spacial score (nSPS) is 9.42. The molecule has 6 heteroatoms. The molecule has 0 saturated carbocycles. The summed E-state index contributed by atoms with van der Waals surface area (Å²) in [5, 5.41) is 5.87. The maximum atomic E-state index is 12.0. The molecule has 1 aromatic carbocycles. The van der Waals surface area contributed by atoms with E-state index in [1.54, 1.807) is 25.3 Å². The Bertz CT molecular complexity index is 399. The first-order chi connectivity index (χ1) is 8.74. The average molecular weight is 289 g/mol. The van der Waals surface area contributed by atoms with E-state index in [2.05, 4.69) is 10.6 Å². The van der Waals surface area contributed by atoms with Gasteiger partial charge in [-0.15, -0.1) is 12.4 Å². The van der Waals surface area contributed by atoms with Gasteiger partial charge >= 0.3 is 0 Å². The molecule has 0 bridgehead atoms. The molecule has 0 unspecified atom stereocenters. The van der Waals surface area contributed by atoms with Gasteiger partial charge in [0, 0.05) is 6.54 Å². The quantitative estimate of drug-likeness (QED) is 0.746. The number of rotatable bonds is 7. The highest BCUT2D eigenvalue weighted by Gasteiger charge is 2.15. The summed E-state index contributed by atoms with van der Waals surface area (Å²) in [7, 11) is 4.95. The first-order valence-electron chi connectivity index (χ1n) is 5.88. The number of hydrogen-bond donors (Lipinski definition) is 2. The number of carbonyl (C=O) groups is 1. The van der Waals surface area contributed by atoms with E-state index >= 15 is 0 Å². The molecule has 0 aliphatic rings. The fraction of sp³-hybridized carbons (Fsp3) is 0.462. The predicted octanol–water partition coefficient (Wildman–Crippen LogP) is 1.46. The smallest absolute Gasteiger partial charge is 0.255 e. The van der Waals surface area contributed by atoms with Crippen LogP contribution in [0.4, 0.5) is 0 Å². The average Bonchev–Trinajstić information content (AvgIpc) is 2.42. The Morgan fingerprint density at radius 3 is 2.53 bits per heavy atom. The lowest BCUT2D eigenvalue weighted by atomic mass is 10.1. The number of methoxy groups -OCH3 is 2. The van der Waals surface area contributed by atoms with E-state index in [0.29, 0.717) is 23.6 Å². The lowest BCUT2D eigenvalue weighted by Crippen LogP contribution is -2.27. The molecular weight excluding hydrogens is 268 g/mol. The predicted molar refractivity (Wildman–Crippen MR) is 77.7 cm³/mol. The van der Waals surface area contributed by atoms with Gasteiger partial charge in [-0.1, -0.05) is 6.07 Å². The van der Waals surface area contributed by atoms with Gasteiger partial charge in [0.25, 0.3) is 5.91 Å². The largest absolute Gasteiger partial charge is 0.493 e. The molecule has 0 aromatic heterocycles. The van der Waals surface area contributed by atoms with Gasteiger partial charge in [0.15, 0.2) is 11.5 Å². The van der Waals surface area contributed by atoms with Crippen LogP contribution in [0.1, 0.15) is 16.8 Å². The van der Waals surface area contributed by atoms with Gasteiger partial charge in [0.05, 0.1) is 19.8 Å². The molecule has 0 atom stereocenters. The zero-order chi connectivity index (χ0) is 13.4. The van der Waals surface area contributed by atoms with E-state index in [1.807, 2.05) is 7.05 Å². The maximum absolute atomic E-state index is 12.0. The van der Waals surface area contributed by atoms with Crippen molar-refractivity contribution in [2.45, 2.75) is 6.42 Å². The summed E-state index contributed by atoms with van der Waals surface area (Å²) in [4.78, 5) is 12.0. The number of ether oxygens (including phenoxy) is 2. The molecule has 19 heavy (non-hydrogen) atoms. The van der Waals surface area contributed by atoms with Crippen LogP contribution < -0.4 is 20.1 Å². The van der Waals surface area contributed by atoms with E-state index in [1.165, 1.54) is 7.11 Å². The lowest BCUT2D eigenvalue weighted by molar-refractivity contribution is 0.0949. The minimum Gasteiger partial charge on any atom is -0.493 e. The number of para-hydroxylation sites is 1. The van der Waals surface area contributed by atoms with Crippen LogP contribution in [0.15, 0.2) is 18.2 Å². The maximum Gasteiger partial charge on any atom is 0.255 e. The monoisotopic (exact) mass is 288 g/mol. The van der Waals surface area contributed by atoms with Crippen LogP contribution in [0.5, 0.6) is 11.5 Å². The van der Waals surface area contributed by atoms with Crippen molar-refractivity contribution in [1.82, 2.24) is 10.6 Å². The van der Waals surface area contributed by atoms with E-state index in [0.717, 1.165) is 13.0 Å². The van der Waals surface area contributed by atoms with Crippen molar-refractivity contribution in [1.29, 1.82) is 0 Å². The van der Waals surface area contributed by atoms with E-state index < -0.39 is 0 Å². The molecule has 0 aliphatic carbocycles. The Hall–Kier alpha value is -1.46. The highest BCUT2D eigenvalue weighted by atomic mass is 35.5. The highest BCUT2D eigenvalue weighted by Crippen LogP contribution is 2.30. The summed E-state index contributed by atoms with van der Waals surface area (Å²) >= 11 is 0. The molecule has 5 nitrogen and oxygen atoms in total. The minimum absolute atomic E-state index is 0. The summed E-state index contributed by atoms with van der Waals surface area (Å²) in [6, 6.07) is 5.25. The molecule has 0 spiro atoms. The van der Waals surface area contributed by atoms with Gasteiger partial charge in [0.2, 0.25) is 0 Å². The third-order valence-electron chi connectivity index (χ3n) is 2.54. The van der Waals surface area contributed by atoms with Gasteiger partial charge < -0.3 is 20.1 Å². The van der Waals surface area contributed by atoms with Gasteiger partial charge in [-0.2, -0.15) is 0 Å². The van der Waals surface area contributed by atoms with E-state index in [9.17, 15) is 4.79 Å². The van der Waals surface area contributed by atoms with Crippen LogP contribution in [0.2, 0.25) is 0 Å². The van der Waals surface area contributed by atoms with E-state index in [-0.39, 0.29) is 18.3 Å². The molecule has 0 heterocycles. The van der Waals surface area contributed by atoms with Gasteiger partial charge in [-0.25, -0.2) is 0 Å². The number of carbonyl (C=O) groups excluding carboxylic acids is 1. The van der Waals surface area contributed by atoms with Crippen molar-refractivity contribution in [3.05, 3.63) is 23.8 Å². The van der Waals surface area contributed by atoms with Gasteiger partial charge in [-0.05, 0) is 32.1 Å². The fourth-order valence-electron chi connectivity index (χ4n) is 1.63. The van der Waals surface area contributed by atoms with Crippen LogP contribution >= 0.6 is 12.4 Å². The summed E-state index contributed by atoms with van der Waals surface area (Å²) in [6.45, 7) is 1.50. The number of hydrogen-bond acceptors (Lipinski definition) is 4. The second-order valence-electron chi connectivity index (χ2n) is 3.75. The van der Waals surface area contributed by atoms with Gasteiger partial charge in [-0.3, -0.25) is 4.79 Å². The molecule has 1 rings (SSSR count). The molecule has 0 fully saturated rings. The van der Waals surface area contributed by atoms with Crippen LogP contribution in [0.25, 0.3) is 0 Å². The third kappa shape index (κ3) is 4.96. The fourth-order valence-corrected chi connectivity index (χ4v) is 1.63. The second-order valence-corrected chi connectivity index (χ2v) is 3.75. The number of amides is 1. The lowest BCUT2D eigenvalue weighted by Gasteiger charge is -2.12. The second kappa shape index (κ2) is 9.47. The Morgan fingerprint density at radius 1 is 1.21 bits per heavy atom. The zero-order valence-electron chi connectivity index (χ0n) is 11.5. The summed E-state index contributed by atoms with van der Waals surface area (Å²) in [6.07, 6.45) is 0.883. The van der Waals surface area contributed by atoms with Crippen LogP contribution in [0, 0.1) is 0 Å². The number of halogens is 1. The van der Waals surface area contributed by atoms with Crippen LogP contribution in [-0.2, 0) is 0 Å². The van der Waals surface area contributed by atoms with Gasteiger partial charge in [0.1, 0.15) is 0 Å². The molecule has 0 radical (unpaired) electrons. The highest BCUT2D eigenvalue weighted by molar-refractivity contribution is 5.97. The summed E-state index contributed by atoms with van der Waals surface area (Å²) in [5.74, 6) is 0.869. The summed E-state index contributed by atoms with van der Waals surface area (Å²) in [5.41, 5.74) is 0.487. The van der Waals surface area contributed by atoms with E-state index in [4.69, 9.17) is 9.47 Å². The van der Waals surface area contributed by atoms with Crippen LogP contribution in [-0.4, -0.2) is 40.3 Å². The molecule has 1 aromatic rings. The Kier molecular flexibility index (Phi) is 8.74. The first-order valence-corrected chi connectivity index (χ1v) is 5.88. The molecular formula is C13H21ClN2O3. The molecule has 1 amide bonds. The molecule has 0 saturated heterocycles. The van der Waals surface area contributed by atoms with Crippen molar-refractivity contribution in [2.75, 3.05) is 34.4 Å². The topological polar surface area (TPSA) is 59.6 Å². The van der Waals surface area contributed by atoms with Crippen molar-refractivity contribution >= 4 is 18.3 Å². The molecule has 0 aliphatic heterocycles.